The summed E-state index contributed by atoms with van der Waals surface area (Å²) in [5.74, 6) is 0. The lowest BCUT2D eigenvalue weighted by Crippen LogP contribution is -2.29. The van der Waals surface area contributed by atoms with Gasteiger partial charge in [-0.3, -0.25) is 0 Å². The van der Waals surface area contributed by atoms with Gasteiger partial charge < -0.3 is 10.2 Å². The van der Waals surface area contributed by atoms with Gasteiger partial charge in [0.25, 0.3) is 0 Å². The third kappa shape index (κ3) is 3.83. The van der Waals surface area contributed by atoms with Crippen molar-refractivity contribution in [3.05, 3.63) is 175 Å². The van der Waals surface area contributed by atoms with Gasteiger partial charge in [0.2, 0.25) is 0 Å². The maximum Gasteiger partial charge on any atom is 0.142 e. The number of hydrogen-bond donors (Lipinski definition) is 2. The van der Waals surface area contributed by atoms with Crippen LogP contribution < -0.4 is 0 Å². The molecule has 214 valence electrons. The van der Waals surface area contributed by atoms with E-state index in [0.29, 0.717) is 53.5 Å². The predicted octanol–water partition coefficient (Wildman–Crippen LogP) is 10.5. The molecule has 0 bridgehead atoms. The van der Waals surface area contributed by atoms with E-state index in [1.54, 1.807) is 0 Å². The van der Waals surface area contributed by atoms with Crippen LogP contribution in [0, 0.1) is 0 Å². The Labute approximate surface area is 274 Å². The van der Waals surface area contributed by atoms with Crippen LogP contribution in [-0.4, -0.2) is 10.2 Å². The van der Waals surface area contributed by atoms with Crippen molar-refractivity contribution in [2.45, 2.75) is 11.2 Å². The second-order valence-corrected chi connectivity index (χ2v) is 13.0. The van der Waals surface area contributed by atoms with Crippen molar-refractivity contribution in [1.82, 2.24) is 0 Å². The molecule has 44 heavy (non-hydrogen) atoms. The lowest BCUT2D eigenvalue weighted by atomic mass is 9.76. The van der Waals surface area contributed by atoms with Crippen molar-refractivity contribution in [2.24, 2.45) is 0 Å². The van der Waals surface area contributed by atoms with Gasteiger partial charge >= 0.3 is 0 Å². The van der Waals surface area contributed by atoms with E-state index in [2.05, 4.69) is 0 Å². The quantitative estimate of drug-likeness (QED) is 0.200. The zero-order valence-corrected chi connectivity index (χ0v) is 26.0. The van der Waals surface area contributed by atoms with E-state index in [0.717, 1.165) is 33.4 Å². The van der Waals surface area contributed by atoms with Gasteiger partial charge in [-0.25, -0.2) is 0 Å². The summed E-state index contributed by atoms with van der Waals surface area (Å²) in [6.45, 7) is 0. The number of fused-ring (bicyclic) bond motifs is 6. The molecule has 0 aliphatic heterocycles. The van der Waals surface area contributed by atoms with Crippen LogP contribution in [-0.2, 0) is 11.2 Å². The maximum atomic E-state index is 13.0. The normalized spacial score (nSPS) is 15.0. The van der Waals surface area contributed by atoms with Crippen molar-refractivity contribution in [3.63, 3.8) is 0 Å². The predicted molar refractivity (Wildman–Crippen MR) is 180 cm³/mol. The van der Waals surface area contributed by atoms with Crippen molar-refractivity contribution >= 4 is 46.4 Å². The molecule has 0 heterocycles. The largest absolute Gasteiger partial charge is 0.376 e. The molecule has 2 nitrogen and oxygen atoms in total. The Morgan fingerprint density at radius 3 is 0.864 bits per heavy atom. The maximum absolute atomic E-state index is 13.0. The van der Waals surface area contributed by atoms with Gasteiger partial charge in [-0.2, -0.15) is 0 Å². The molecule has 0 unspecified atom stereocenters. The van der Waals surface area contributed by atoms with E-state index in [1.165, 1.54) is 0 Å². The van der Waals surface area contributed by atoms with Crippen LogP contribution in [0.4, 0.5) is 0 Å². The summed E-state index contributed by atoms with van der Waals surface area (Å²) in [5, 5.41) is 28.0. The Balaban J connectivity index is 1.43. The summed E-state index contributed by atoms with van der Waals surface area (Å²) in [6.07, 6.45) is 0. The van der Waals surface area contributed by atoms with Crippen molar-refractivity contribution in [1.29, 1.82) is 0 Å². The van der Waals surface area contributed by atoms with Crippen LogP contribution in [0.1, 0.15) is 33.4 Å². The summed E-state index contributed by atoms with van der Waals surface area (Å²) >= 11 is 26.1. The van der Waals surface area contributed by atoms with E-state index in [1.807, 2.05) is 121 Å². The highest BCUT2D eigenvalue weighted by atomic mass is 35.5. The Morgan fingerprint density at radius 1 is 0.318 bits per heavy atom. The summed E-state index contributed by atoms with van der Waals surface area (Å²) in [7, 11) is 0. The molecule has 0 amide bonds. The van der Waals surface area contributed by atoms with Gasteiger partial charge in [0.05, 0.1) is 0 Å². The molecule has 0 saturated heterocycles. The van der Waals surface area contributed by atoms with Gasteiger partial charge in [0.1, 0.15) is 11.2 Å². The second-order valence-electron chi connectivity index (χ2n) is 11.3. The van der Waals surface area contributed by atoms with Crippen LogP contribution in [0.3, 0.4) is 0 Å². The Hall–Kier alpha value is -3.60. The molecule has 0 spiro atoms. The van der Waals surface area contributed by atoms with Gasteiger partial charge in [0.15, 0.2) is 0 Å². The highest BCUT2D eigenvalue weighted by Gasteiger charge is 2.47. The Morgan fingerprint density at radius 2 is 0.568 bits per heavy atom. The van der Waals surface area contributed by atoms with E-state index in [-0.39, 0.29) is 0 Å². The van der Waals surface area contributed by atoms with Gasteiger partial charge in [-0.1, -0.05) is 119 Å². The van der Waals surface area contributed by atoms with E-state index in [4.69, 9.17) is 46.4 Å². The van der Waals surface area contributed by atoms with Gasteiger partial charge in [0, 0.05) is 53.5 Å². The van der Waals surface area contributed by atoms with E-state index >= 15 is 0 Å². The fourth-order valence-corrected chi connectivity index (χ4v) is 7.83. The van der Waals surface area contributed by atoms with Crippen LogP contribution in [0.25, 0.3) is 33.4 Å². The fraction of sp³-hybridized carbons (Fsp3) is 0.0526. The highest BCUT2D eigenvalue weighted by Crippen LogP contribution is 2.57. The number of rotatable bonds is 3. The first kappa shape index (κ1) is 27.9. The van der Waals surface area contributed by atoms with Crippen molar-refractivity contribution in [2.75, 3.05) is 0 Å². The van der Waals surface area contributed by atoms with Crippen LogP contribution in [0.5, 0.6) is 0 Å². The summed E-state index contributed by atoms with van der Waals surface area (Å²) in [4.78, 5) is 0. The minimum Gasteiger partial charge on any atom is -0.376 e. The van der Waals surface area contributed by atoms with Crippen molar-refractivity contribution < 1.29 is 10.2 Å². The molecule has 0 radical (unpaired) electrons. The first-order chi connectivity index (χ1) is 21.2. The molecule has 0 atom stereocenters. The molecule has 2 N–H and O–H groups in total. The minimum atomic E-state index is -1.58. The number of aliphatic hydroxyl groups is 2. The van der Waals surface area contributed by atoms with Gasteiger partial charge in [-0.15, -0.1) is 0 Å². The van der Waals surface area contributed by atoms with E-state index in [9.17, 15) is 10.2 Å². The van der Waals surface area contributed by atoms with E-state index < -0.39 is 11.2 Å². The Bertz CT molecular complexity index is 1910. The minimum absolute atomic E-state index is 0.515. The topological polar surface area (TPSA) is 40.5 Å². The number of halogens is 4. The lowest BCUT2D eigenvalue weighted by Gasteiger charge is -2.32. The molecule has 2 aliphatic rings. The lowest BCUT2D eigenvalue weighted by molar-refractivity contribution is 0.129. The summed E-state index contributed by atoms with van der Waals surface area (Å²) in [5.41, 5.74) is 5.81. The molecule has 6 heteroatoms. The summed E-state index contributed by atoms with van der Waals surface area (Å²) in [6, 6.07) is 37.7. The molecule has 6 aromatic rings. The average Bonchev–Trinajstić information content (AvgIpc) is 3.42. The first-order valence-corrected chi connectivity index (χ1v) is 15.6. The third-order valence-corrected chi connectivity index (χ3v) is 9.93. The molecule has 0 saturated carbocycles. The van der Waals surface area contributed by atoms with Crippen molar-refractivity contribution in [3.8, 4) is 33.4 Å². The summed E-state index contributed by atoms with van der Waals surface area (Å²) < 4.78 is 0. The molecule has 8 rings (SSSR count). The zero-order chi connectivity index (χ0) is 30.4. The number of hydrogen-bond acceptors (Lipinski definition) is 2. The smallest absolute Gasteiger partial charge is 0.142 e. The third-order valence-electron chi connectivity index (χ3n) is 8.99. The molecule has 0 fully saturated rings. The highest BCUT2D eigenvalue weighted by molar-refractivity contribution is 6.32. The Kier molecular flexibility index (Phi) is 6.31. The SMILES string of the molecule is OC1(c2ccccc2-c2ccccc2C2(O)c3cc(Cl)ccc3-c3ccc(Cl)cc32)c2cc(Cl)ccc2-c2ccc(Cl)cc21. The monoisotopic (exact) mass is 650 g/mol. The molecule has 0 aromatic heterocycles. The standard InChI is InChI=1S/C38H22Cl4O2/c39-21-9-13-27-28-14-10-22(40)18-34(28)37(43,33(27)17-21)31-7-3-1-5-25(31)26-6-2-4-8-32(26)38(44)35-19-23(41)11-15-29(35)30-16-12-24(42)20-36(30)38/h1-20,43-44H. The molecular weight excluding hydrogens is 630 g/mol. The molecular formula is C38H22Cl4O2. The first-order valence-electron chi connectivity index (χ1n) is 14.1. The molecule has 2 aliphatic carbocycles. The van der Waals surface area contributed by atoms with Crippen LogP contribution in [0.15, 0.2) is 121 Å². The zero-order valence-electron chi connectivity index (χ0n) is 23.0. The second kappa shape index (κ2) is 9.95. The fourth-order valence-electron chi connectivity index (χ4n) is 7.14. The van der Waals surface area contributed by atoms with Crippen LogP contribution in [0.2, 0.25) is 20.1 Å². The van der Waals surface area contributed by atoms with Gasteiger partial charge in [-0.05, 0) is 81.9 Å². The number of benzene rings is 6. The van der Waals surface area contributed by atoms with Crippen LogP contribution >= 0.6 is 46.4 Å². The molecule has 6 aromatic carbocycles. The average molecular weight is 652 g/mol.